The Hall–Kier alpha value is -4.85. The molecule has 0 aliphatic carbocycles. The molecule has 4 rings (SSSR count). The predicted molar refractivity (Wildman–Crippen MR) is 133 cm³/mol. The normalized spacial score (nSPS) is 11.1. The molecular formula is C23H21N7O6S. The number of hydrogen-bond acceptors (Lipinski definition) is 9. The highest BCUT2D eigenvalue weighted by molar-refractivity contribution is 7.92. The summed E-state index contributed by atoms with van der Waals surface area (Å²) in [7, 11) is -3.94. The summed E-state index contributed by atoms with van der Waals surface area (Å²) in [6.07, 6.45) is 1.49. The number of nitrogens with one attached hydrogen (secondary N) is 2. The largest absolute Gasteiger partial charge is 0.464 e. The van der Waals surface area contributed by atoms with E-state index >= 15 is 0 Å². The van der Waals surface area contributed by atoms with Gasteiger partial charge in [0.1, 0.15) is 0 Å². The molecule has 13 nitrogen and oxygen atoms in total. The molecule has 0 saturated carbocycles. The summed E-state index contributed by atoms with van der Waals surface area (Å²) in [5, 5.41) is 17.8. The molecule has 2 heterocycles. The number of aryl methyl sites for hydroxylation is 2. The first-order valence-corrected chi connectivity index (χ1v) is 12.3. The molecule has 190 valence electrons. The number of carbonyl (C=O) groups excluding carboxylic acids is 1. The van der Waals surface area contributed by atoms with Crippen LogP contribution in [0, 0.1) is 24.0 Å². The number of carbonyl (C=O) groups is 1. The zero-order valence-corrected chi connectivity index (χ0v) is 20.5. The van der Waals surface area contributed by atoms with E-state index in [-0.39, 0.29) is 34.7 Å². The fourth-order valence-corrected chi connectivity index (χ4v) is 4.23. The van der Waals surface area contributed by atoms with Crippen LogP contribution in [0.2, 0.25) is 0 Å². The van der Waals surface area contributed by atoms with Crippen molar-refractivity contribution in [3.05, 3.63) is 94.1 Å². The molecule has 2 N–H and O–H groups in total. The third kappa shape index (κ3) is 6.24. The highest BCUT2D eigenvalue weighted by Gasteiger charge is 2.18. The van der Waals surface area contributed by atoms with Crippen LogP contribution in [0.5, 0.6) is 5.75 Å². The van der Waals surface area contributed by atoms with E-state index in [1.54, 1.807) is 26.0 Å². The first kappa shape index (κ1) is 25.2. The molecule has 2 aromatic heterocycles. The minimum Gasteiger partial charge on any atom is -0.464 e. The SMILES string of the molecule is Cc1cc(C)nc(NS(=O)(=O)c2ccc(NC(=O)c3ccn(COc4ccccc4[N+](=O)[O-])n3)cc2)n1. The lowest BCUT2D eigenvalue weighted by molar-refractivity contribution is -0.386. The third-order valence-corrected chi connectivity index (χ3v) is 6.26. The minimum atomic E-state index is -3.94. The van der Waals surface area contributed by atoms with Crippen LogP contribution in [0.3, 0.4) is 0 Å². The fourth-order valence-electron chi connectivity index (χ4n) is 3.28. The molecule has 4 aromatic rings. The average Bonchev–Trinajstić information content (AvgIpc) is 3.31. The van der Waals surface area contributed by atoms with Crippen molar-refractivity contribution in [2.24, 2.45) is 0 Å². The maximum atomic E-state index is 12.7. The van der Waals surface area contributed by atoms with Gasteiger partial charge in [0, 0.05) is 29.3 Å². The van der Waals surface area contributed by atoms with E-state index in [0.717, 1.165) is 0 Å². The number of nitro benzene ring substituents is 1. The van der Waals surface area contributed by atoms with Crippen molar-refractivity contribution in [2.75, 3.05) is 10.0 Å². The van der Waals surface area contributed by atoms with Crippen LogP contribution in [0.15, 0.2) is 71.8 Å². The summed E-state index contributed by atoms with van der Waals surface area (Å²) in [4.78, 5) is 31.2. The van der Waals surface area contributed by atoms with Gasteiger partial charge >= 0.3 is 5.69 Å². The highest BCUT2D eigenvalue weighted by atomic mass is 32.2. The van der Waals surface area contributed by atoms with E-state index < -0.39 is 20.9 Å². The third-order valence-electron chi connectivity index (χ3n) is 4.92. The number of sulfonamides is 1. The van der Waals surface area contributed by atoms with Crippen molar-refractivity contribution in [1.82, 2.24) is 19.7 Å². The molecule has 0 radical (unpaired) electrons. The molecule has 1 amide bonds. The standard InChI is InChI=1S/C23H21N7O6S/c1-15-13-16(2)25-23(24-15)28-37(34,35)18-9-7-17(8-10-18)26-22(31)19-11-12-29(27-19)14-36-21-6-4-3-5-20(21)30(32)33/h3-13H,14H2,1-2H3,(H,26,31)(H,24,25,28). The van der Waals surface area contributed by atoms with Crippen molar-refractivity contribution in [1.29, 1.82) is 0 Å². The van der Waals surface area contributed by atoms with Gasteiger partial charge in [-0.1, -0.05) is 12.1 Å². The molecule has 2 aromatic carbocycles. The second kappa shape index (κ2) is 10.4. The molecule has 14 heteroatoms. The van der Waals surface area contributed by atoms with Gasteiger partial charge in [0.25, 0.3) is 15.9 Å². The zero-order valence-electron chi connectivity index (χ0n) is 19.7. The fraction of sp³-hybridized carbons (Fsp3) is 0.130. The van der Waals surface area contributed by atoms with Crippen LogP contribution in [0.25, 0.3) is 0 Å². The van der Waals surface area contributed by atoms with Crippen LogP contribution < -0.4 is 14.8 Å². The molecule has 37 heavy (non-hydrogen) atoms. The number of benzene rings is 2. The van der Waals surface area contributed by atoms with Gasteiger partial charge < -0.3 is 10.1 Å². The molecule has 0 aliphatic rings. The number of anilines is 2. The monoisotopic (exact) mass is 523 g/mol. The number of amides is 1. The van der Waals surface area contributed by atoms with Gasteiger partial charge in [-0.2, -0.15) is 5.10 Å². The number of nitro groups is 1. The Balaban J connectivity index is 1.38. The lowest BCUT2D eigenvalue weighted by atomic mass is 10.3. The van der Waals surface area contributed by atoms with Gasteiger partial charge in [0.15, 0.2) is 18.2 Å². The van der Waals surface area contributed by atoms with E-state index in [4.69, 9.17) is 4.74 Å². The van der Waals surface area contributed by atoms with Gasteiger partial charge in [-0.05, 0) is 56.3 Å². The van der Waals surface area contributed by atoms with E-state index in [2.05, 4.69) is 25.1 Å². The van der Waals surface area contributed by atoms with Crippen molar-refractivity contribution in [2.45, 2.75) is 25.5 Å². The second-order valence-corrected chi connectivity index (χ2v) is 9.48. The molecular weight excluding hydrogens is 502 g/mol. The van der Waals surface area contributed by atoms with Gasteiger partial charge in [-0.25, -0.2) is 27.8 Å². The number of rotatable bonds is 9. The molecule has 0 aliphatic heterocycles. The molecule has 0 spiro atoms. The lowest BCUT2D eigenvalue weighted by Crippen LogP contribution is -2.16. The Kier molecular flexibility index (Phi) is 7.11. The highest BCUT2D eigenvalue weighted by Crippen LogP contribution is 2.26. The summed E-state index contributed by atoms with van der Waals surface area (Å²) >= 11 is 0. The first-order chi connectivity index (χ1) is 17.6. The second-order valence-electron chi connectivity index (χ2n) is 7.80. The number of hydrogen-bond donors (Lipinski definition) is 2. The number of aromatic nitrogens is 4. The summed E-state index contributed by atoms with van der Waals surface area (Å²) in [5.41, 5.74) is 1.47. The van der Waals surface area contributed by atoms with Crippen LogP contribution in [0.1, 0.15) is 21.9 Å². The van der Waals surface area contributed by atoms with Gasteiger partial charge in [0.05, 0.1) is 9.82 Å². The average molecular weight is 524 g/mol. The maximum absolute atomic E-state index is 12.7. The maximum Gasteiger partial charge on any atom is 0.311 e. The first-order valence-electron chi connectivity index (χ1n) is 10.8. The lowest BCUT2D eigenvalue weighted by Gasteiger charge is -2.09. The van der Waals surface area contributed by atoms with Crippen molar-refractivity contribution >= 4 is 33.3 Å². The molecule has 0 unspecified atom stereocenters. The summed E-state index contributed by atoms with van der Waals surface area (Å²) in [5.74, 6) is -0.499. The van der Waals surface area contributed by atoms with Crippen LogP contribution in [-0.2, 0) is 16.8 Å². The molecule has 0 saturated heterocycles. The Morgan fingerprint density at radius 2 is 1.73 bits per heavy atom. The Labute approximate surface area is 211 Å². The Morgan fingerprint density at radius 3 is 2.41 bits per heavy atom. The van der Waals surface area contributed by atoms with Gasteiger partial charge in [-0.15, -0.1) is 0 Å². The van der Waals surface area contributed by atoms with E-state index in [0.29, 0.717) is 17.1 Å². The van der Waals surface area contributed by atoms with Crippen molar-refractivity contribution in [3.8, 4) is 5.75 Å². The quantitative estimate of drug-likeness (QED) is 0.247. The molecule has 0 atom stereocenters. The Bertz CT molecular complexity index is 1550. The van der Waals surface area contributed by atoms with Crippen LogP contribution in [-0.4, -0.2) is 39.0 Å². The van der Waals surface area contributed by atoms with Gasteiger partial charge in [0.2, 0.25) is 5.95 Å². The molecule has 0 fully saturated rings. The minimum absolute atomic E-state index is 0.0312. The van der Waals surface area contributed by atoms with Crippen molar-refractivity contribution < 1.29 is 22.9 Å². The van der Waals surface area contributed by atoms with Crippen molar-refractivity contribution in [3.63, 3.8) is 0 Å². The summed E-state index contributed by atoms with van der Waals surface area (Å²) in [6.45, 7) is 3.31. The van der Waals surface area contributed by atoms with Crippen LogP contribution in [0.4, 0.5) is 17.3 Å². The van der Waals surface area contributed by atoms with E-state index in [9.17, 15) is 23.3 Å². The predicted octanol–water partition coefficient (Wildman–Crippen LogP) is 3.29. The number of ether oxygens (including phenoxy) is 1. The zero-order chi connectivity index (χ0) is 26.6. The topological polar surface area (TPSA) is 171 Å². The number of para-hydroxylation sites is 2. The van der Waals surface area contributed by atoms with E-state index in [1.165, 1.54) is 59.4 Å². The number of nitrogens with zero attached hydrogens (tertiary/aromatic N) is 5. The summed E-state index contributed by atoms with van der Waals surface area (Å²) in [6, 6.07) is 14.6. The van der Waals surface area contributed by atoms with Gasteiger partial charge in [-0.3, -0.25) is 14.9 Å². The Morgan fingerprint density at radius 1 is 1.05 bits per heavy atom. The smallest absolute Gasteiger partial charge is 0.311 e. The van der Waals surface area contributed by atoms with E-state index in [1.807, 2.05) is 0 Å². The molecule has 0 bridgehead atoms. The summed E-state index contributed by atoms with van der Waals surface area (Å²) < 4.78 is 34.4. The van der Waals surface area contributed by atoms with Crippen LogP contribution >= 0.6 is 0 Å².